The van der Waals surface area contributed by atoms with E-state index >= 15 is 0 Å². The number of aromatic nitrogens is 3. The number of nitrogens with zero attached hydrogens (tertiary/aromatic N) is 3. The van der Waals surface area contributed by atoms with E-state index in [1.165, 1.54) is 88.7 Å². The molecule has 13 rings (SSSR count). The average Bonchev–Trinajstić information content (AvgIpc) is 3.99. The number of rotatable bonds is 4. The summed E-state index contributed by atoms with van der Waals surface area (Å²) in [6.45, 7) is 0. The molecule has 0 unspecified atom stereocenters. The van der Waals surface area contributed by atoms with Crippen molar-refractivity contribution >= 4 is 32.6 Å². The quantitative estimate of drug-likeness (QED) is 0.167. The zero-order valence-corrected chi connectivity index (χ0v) is 32.5. The fourth-order valence-electron chi connectivity index (χ4n) is 10.4. The van der Waals surface area contributed by atoms with Gasteiger partial charge in [-0.15, -0.1) is 10.2 Å². The molecule has 1 spiro atoms. The van der Waals surface area contributed by atoms with Crippen LogP contribution in [0.4, 0.5) is 0 Å². The van der Waals surface area contributed by atoms with Gasteiger partial charge in [0.15, 0.2) is 0 Å². The zero-order valence-electron chi connectivity index (χ0n) is 32.5. The second kappa shape index (κ2) is 12.6. The van der Waals surface area contributed by atoms with Gasteiger partial charge in [0.2, 0.25) is 0 Å². The molecule has 0 fully saturated rings. The lowest BCUT2D eigenvalue weighted by atomic mass is 9.70. The number of fused-ring (bicyclic) bond motifs is 15. The van der Waals surface area contributed by atoms with Gasteiger partial charge in [0.1, 0.15) is 11.0 Å². The van der Waals surface area contributed by atoms with Crippen molar-refractivity contribution in [2.45, 2.75) is 5.41 Å². The first-order chi connectivity index (χ1) is 29.7. The highest BCUT2D eigenvalue weighted by Crippen LogP contribution is 2.63. The van der Waals surface area contributed by atoms with Gasteiger partial charge in [-0.3, -0.25) is 0 Å². The van der Waals surface area contributed by atoms with E-state index in [2.05, 4.69) is 182 Å². The van der Waals surface area contributed by atoms with Crippen LogP contribution in [0.25, 0.3) is 93.9 Å². The molecule has 10 aromatic carbocycles. The molecule has 2 aliphatic rings. The van der Waals surface area contributed by atoms with Crippen molar-refractivity contribution in [1.82, 2.24) is 15.0 Å². The molecule has 60 heavy (non-hydrogen) atoms. The molecule has 1 aromatic heterocycles. The van der Waals surface area contributed by atoms with E-state index in [1.807, 2.05) is 30.3 Å². The molecule has 0 aliphatic heterocycles. The van der Waals surface area contributed by atoms with Crippen LogP contribution < -0.4 is 0 Å². The number of benzene rings is 10. The van der Waals surface area contributed by atoms with Crippen LogP contribution in [0.3, 0.4) is 0 Å². The number of hydrogen-bond acceptors (Lipinski definition) is 2. The van der Waals surface area contributed by atoms with Gasteiger partial charge in [-0.1, -0.05) is 170 Å². The van der Waals surface area contributed by atoms with E-state index in [-0.39, 0.29) is 5.41 Å². The Kier molecular flexibility index (Phi) is 6.93. The van der Waals surface area contributed by atoms with Gasteiger partial charge in [-0.25, -0.2) is 0 Å². The van der Waals surface area contributed by atoms with Crippen molar-refractivity contribution in [1.29, 1.82) is 0 Å². The summed E-state index contributed by atoms with van der Waals surface area (Å²) in [6, 6.07) is 77.7. The second-order valence-electron chi connectivity index (χ2n) is 16.2. The van der Waals surface area contributed by atoms with Crippen molar-refractivity contribution in [2.24, 2.45) is 0 Å². The molecule has 278 valence electrons. The van der Waals surface area contributed by atoms with Crippen molar-refractivity contribution in [3.63, 3.8) is 0 Å². The molecule has 11 aromatic rings. The Morgan fingerprint density at radius 2 is 0.833 bits per heavy atom. The molecular formula is C57H35N3. The third-order valence-electron chi connectivity index (χ3n) is 13.1. The van der Waals surface area contributed by atoms with Crippen LogP contribution in [0.5, 0.6) is 0 Å². The van der Waals surface area contributed by atoms with Gasteiger partial charge in [0, 0.05) is 5.39 Å². The molecule has 0 atom stereocenters. The largest absolute Gasteiger partial charge is 0.150 e. The summed E-state index contributed by atoms with van der Waals surface area (Å²) in [4.78, 5) is 1.74. The fourth-order valence-corrected chi connectivity index (χ4v) is 10.4. The first-order valence-electron chi connectivity index (χ1n) is 20.7. The highest BCUT2D eigenvalue weighted by molar-refractivity contribution is 6.18. The van der Waals surface area contributed by atoms with Crippen LogP contribution in [-0.2, 0) is 5.41 Å². The summed E-state index contributed by atoms with van der Waals surface area (Å²) in [6.07, 6.45) is 0. The van der Waals surface area contributed by atoms with Gasteiger partial charge >= 0.3 is 0 Å². The molecule has 0 saturated carbocycles. The van der Waals surface area contributed by atoms with Crippen molar-refractivity contribution in [3.05, 3.63) is 235 Å². The van der Waals surface area contributed by atoms with Crippen LogP contribution in [0.1, 0.15) is 22.3 Å². The Morgan fingerprint density at radius 1 is 0.333 bits per heavy atom. The first kappa shape index (κ1) is 33.1. The van der Waals surface area contributed by atoms with Gasteiger partial charge in [0.25, 0.3) is 0 Å². The smallest absolute Gasteiger partial charge is 0.122 e. The first-order valence-corrected chi connectivity index (χ1v) is 20.7. The topological polar surface area (TPSA) is 30.7 Å². The summed E-state index contributed by atoms with van der Waals surface area (Å²) in [5, 5.41) is 14.5. The van der Waals surface area contributed by atoms with Gasteiger partial charge in [-0.2, -0.15) is 4.80 Å². The molecule has 0 amide bonds. The molecule has 0 radical (unpaired) electrons. The van der Waals surface area contributed by atoms with E-state index in [0.717, 1.165) is 27.5 Å². The third kappa shape index (κ3) is 4.66. The minimum Gasteiger partial charge on any atom is -0.150 e. The zero-order chi connectivity index (χ0) is 39.4. The lowest BCUT2D eigenvalue weighted by Gasteiger charge is -2.30. The highest BCUT2D eigenvalue weighted by atomic mass is 15.5. The van der Waals surface area contributed by atoms with Crippen LogP contribution in [-0.4, -0.2) is 15.0 Å². The lowest BCUT2D eigenvalue weighted by molar-refractivity contribution is 0.766. The van der Waals surface area contributed by atoms with E-state index in [4.69, 9.17) is 10.2 Å². The SMILES string of the molecule is c1ccc(-n2nc3ccc4ccc5cc(-c6cccc(-c7cccc(-c8ccc9c(c8)C8(c%10ccccc%10-c%10ccccc%108)c8ccccc8-9)c7)c6)ccc5c4c3n2)cc1. The minimum atomic E-state index is -0.361. The number of hydrogen-bond donors (Lipinski definition) is 0. The average molecular weight is 762 g/mol. The van der Waals surface area contributed by atoms with E-state index in [1.54, 1.807) is 4.80 Å². The lowest BCUT2D eigenvalue weighted by Crippen LogP contribution is -2.25. The Morgan fingerprint density at radius 3 is 1.47 bits per heavy atom. The normalized spacial score (nSPS) is 13.1. The van der Waals surface area contributed by atoms with Crippen LogP contribution in [0.15, 0.2) is 212 Å². The maximum atomic E-state index is 4.98. The predicted octanol–water partition coefficient (Wildman–Crippen LogP) is 14.1. The Hall–Kier alpha value is -7.88. The van der Waals surface area contributed by atoms with Crippen molar-refractivity contribution in [2.75, 3.05) is 0 Å². The second-order valence-corrected chi connectivity index (χ2v) is 16.2. The number of para-hydroxylation sites is 1. The van der Waals surface area contributed by atoms with E-state index < -0.39 is 0 Å². The third-order valence-corrected chi connectivity index (χ3v) is 13.1. The Bertz CT molecular complexity index is 3490. The molecule has 3 heteroatoms. The monoisotopic (exact) mass is 761 g/mol. The van der Waals surface area contributed by atoms with Crippen LogP contribution in [0.2, 0.25) is 0 Å². The molecule has 0 N–H and O–H groups in total. The predicted molar refractivity (Wildman–Crippen MR) is 246 cm³/mol. The maximum absolute atomic E-state index is 4.98. The Balaban J connectivity index is 0.890. The Labute approximate surface area is 347 Å². The molecule has 2 aliphatic carbocycles. The molecule has 0 saturated heterocycles. The molecule has 3 nitrogen and oxygen atoms in total. The minimum absolute atomic E-state index is 0.361. The summed E-state index contributed by atoms with van der Waals surface area (Å²) < 4.78 is 0. The maximum Gasteiger partial charge on any atom is 0.122 e. The van der Waals surface area contributed by atoms with Crippen LogP contribution in [0, 0.1) is 0 Å². The fraction of sp³-hybridized carbons (Fsp3) is 0.0175. The summed E-state index contributed by atoms with van der Waals surface area (Å²) in [5.74, 6) is 0. The van der Waals surface area contributed by atoms with Crippen molar-refractivity contribution in [3.8, 4) is 61.3 Å². The highest BCUT2D eigenvalue weighted by Gasteiger charge is 2.51. The van der Waals surface area contributed by atoms with Gasteiger partial charge in [0.05, 0.1) is 11.1 Å². The van der Waals surface area contributed by atoms with Gasteiger partial charge in [-0.05, 0) is 137 Å². The van der Waals surface area contributed by atoms with E-state index in [9.17, 15) is 0 Å². The van der Waals surface area contributed by atoms with E-state index in [0.29, 0.717) is 0 Å². The summed E-state index contributed by atoms with van der Waals surface area (Å²) in [5.41, 5.74) is 20.3. The summed E-state index contributed by atoms with van der Waals surface area (Å²) >= 11 is 0. The standard InChI is InChI=1S/C57H35N3/c1-2-16-44(17-3-1)60-58-54-31-28-36-24-25-43-34-41(26-29-45(43)55(36)56(54)59-60)39-14-10-12-37(32-39)38-13-11-15-40(33-38)42-27-30-49-48-20-6-9-23-52(48)57(53(49)35-42)50-21-7-4-18-46(50)47-19-5-8-22-51(47)57/h1-35H. The van der Waals surface area contributed by atoms with Crippen LogP contribution >= 0.6 is 0 Å². The molecule has 1 heterocycles. The molecular weight excluding hydrogens is 727 g/mol. The molecule has 0 bridgehead atoms. The van der Waals surface area contributed by atoms with Gasteiger partial charge < -0.3 is 0 Å². The summed E-state index contributed by atoms with van der Waals surface area (Å²) in [7, 11) is 0. The van der Waals surface area contributed by atoms with Crippen molar-refractivity contribution < 1.29 is 0 Å².